The summed E-state index contributed by atoms with van der Waals surface area (Å²) in [7, 11) is 1.99. The highest BCUT2D eigenvalue weighted by Crippen LogP contribution is 2.39. The molecule has 1 aromatic rings. The number of benzene rings is 1. The van der Waals surface area contributed by atoms with E-state index >= 15 is 0 Å². The van der Waals surface area contributed by atoms with Crippen LogP contribution < -0.4 is 0 Å². The first kappa shape index (κ1) is 19.1. The van der Waals surface area contributed by atoms with Crippen LogP contribution >= 0.6 is 0 Å². The van der Waals surface area contributed by atoms with Gasteiger partial charge in [-0.3, -0.25) is 14.5 Å². The molecule has 3 rings (SSSR count). The number of carbonyl (C=O) groups is 3. The van der Waals surface area contributed by atoms with Gasteiger partial charge >= 0.3 is 0 Å². The number of aldehydes is 1. The van der Waals surface area contributed by atoms with E-state index in [1.807, 2.05) is 25.2 Å². The van der Waals surface area contributed by atoms with E-state index in [9.17, 15) is 14.4 Å². The van der Waals surface area contributed by atoms with Crippen LogP contribution in [0.1, 0.15) is 54.1 Å². The number of carbonyl (C=O) groups excluding carboxylic acids is 3. The molecular weight excluding hydrogens is 340 g/mol. The fourth-order valence-corrected chi connectivity index (χ4v) is 3.75. The molecule has 2 aliphatic rings. The molecule has 0 N–H and O–H groups in total. The van der Waals surface area contributed by atoms with E-state index in [4.69, 9.17) is 0 Å². The van der Waals surface area contributed by atoms with Gasteiger partial charge in [-0.2, -0.15) is 0 Å². The molecule has 1 aromatic carbocycles. The molecule has 1 fully saturated rings. The van der Waals surface area contributed by atoms with E-state index in [1.165, 1.54) is 24.7 Å². The number of amides is 1. The molecule has 5 heteroatoms. The third kappa shape index (κ3) is 3.59. The Labute approximate surface area is 160 Å². The van der Waals surface area contributed by atoms with Gasteiger partial charge in [0.1, 0.15) is 6.29 Å². The lowest BCUT2D eigenvalue weighted by Crippen LogP contribution is -2.39. The second-order valence-corrected chi connectivity index (χ2v) is 7.45. The third-order valence-electron chi connectivity index (χ3n) is 5.47. The lowest BCUT2D eigenvalue weighted by molar-refractivity contribution is -0.120. The molecule has 142 valence electrons. The molecule has 27 heavy (non-hydrogen) atoms. The molecule has 1 saturated carbocycles. The highest BCUT2D eigenvalue weighted by atomic mass is 16.2. The summed E-state index contributed by atoms with van der Waals surface area (Å²) in [6.45, 7) is 10.3. The van der Waals surface area contributed by atoms with Gasteiger partial charge in [0.05, 0.1) is 11.6 Å². The summed E-state index contributed by atoms with van der Waals surface area (Å²) in [5, 5.41) is 0. The summed E-state index contributed by atoms with van der Waals surface area (Å²) in [5.41, 5.74) is 3.91. The SMILES string of the molecule is C=C(C1CC1)N(C)Cc1cccc2c1C(=O)N(C(CCC=O)C(C)=O)C2=C. The van der Waals surface area contributed by atoms with Crippen molar-refractivity contribution in [1.82, 2.24) is 9.80 Å². The molecule has 1 heterocycles. The molecule has 0 radical (unpaired) electrons. The monoisotopic (exact) mass is 366 g/mol. The summed E-state index contributed by atoms with van der Waals surface area (Å²) >= 11 is 0. The van der Waals surface area contributed by atoms with Crippen molar-refractivity contribution in [2.24, 2.45) is 5.92 Å². The second kappa shape index (κ2) is 7.51. The highest BCUT2D eigenvalue weighted by molar-refractivity contribution is 6.12. The van der Waals surface area contributed by atoms with E-state index in [0.29, 0.717) is 30.1 Å². The standard InChI is InChI=1S/C22H26N2O3/c1-14(17-10-11-17)23(4)13-18-7-5-8-19-15(2)24(22(27)21(18)19)20(16(3)26)9-6-12-25/h5,7-8,12,17,20H,1-2,6,9-11,13H2,3-4H3. The zero-order valence-electron chi connectivity index (χ0n) is 16.0. The third-order valence-corrected chi connectivity index (χ3v) is 5.47. The van der Waals surface area contributed by atoms with Crippen molar-refractivity contribution in [2.75, 3.05) is 7.05 Å². The Morgan fingerprint density at radius 2 is 2.11 bits per heavy atom. The minimum atomic E-state index is -0.658. The van der Waals surface area contributed by atoms with Crippen molar-refractivity contribution in [1.29, 1.82) is 0 Å². The number of nitrogens with zero attached hydrogens (tertiary/aromatic N) is 2. The van der Waals surface area contributed by atoms with Crippen LogP contribution in [-0.2, 0) is 16.1 Å². The van der Waals surface area contributed by atoms with Crippen LogP contribution in [0.25, 0.3) is 5.70 Å². The molecule has 1 atom stereocenters. The van der Waals surface area contributed by atoms with Crippen molar-refractivity contribution in [2.45, 2.75) is 45.2 Å². The summed E-state index contributed by atoms with van der Waals surface area (Å²) < 4.78 is 0. The Bertz CT molecular complexity index is 823. The summed E-state index contributed by atoms with van der Waals surface area (Å²) in [6.07, 6.45) is 3.67. The van der Waals surface area contributed by atoms with Gasteiger partial charge in [0, 0.05) is 37.0 Å². The summed E-state index contributed by atoms with van der Waals surface area (Å²) in [4.78, 5) is 39.7. The molecule has 1 aliphatic heterocycles. The minimum absolute atomic E-state index is 0.139. The molecule has 1 aliphatic carbocycles. The van der Waals surface area contributed by atoms with Crippen molar-refractivity contribution in [3.05, 3.63) is 53.7 Å². The van der Waals surface area contributed by atoms with Gasteiger partial charge in [-0.15, -0.1) is 0 Å². The van der Waals surface area contributed by atoms with Gasteiger partial charge in [0.15, 0.2) is 5.78 Å². The average Bonchev–Trinajstić information content (AvgIpc) is 3.44. The van der Waals surface area contributed by atoms with Crippen LogP contribution in [0, 0.1) is 5.92 Å². The van der Waals surface area contributed by atoms with Crippen molar-refractivity contribution in [3.8, 4) is 0 Å². The number of rotatable bonds is 9. The van der Waals surface area contributed by atoms with Crippen molar-refractivity contribution in [3.63, 3.8) is 0 Å². The predicted molar refractivity (Wildman–Crippen MR) is 105 cm³/mol. The number of fused-ring (bicyclic) bond motifs is 1. The molecular formula is C22H26N2O3. The number of hydrogen-bond donors (Lipinski definition) is 0. The van der Waals surface area contributed by atoms with Crippen LogP contribution in [-0.4, -0.2) is 40.9 Å². The fraction of sp³-hybridized carbons (Fsp3) is 0.409. The van der Waals surface area contributed by atoms with Gasteiger partial charge in [-0.1, -0.05) is 31.4 Å². The molecule has 1 amide bonds. The van der Waals surface area contributed by atoms with Crippen LogP contribution in [0.5, 0.6) is 0 Å². The zero-order chi connectivity index (χ0) is 19.7. The Kier molecular flexibility index (Phi) is 5.31. The van der Waals surface area contributed by atoms with E-state index in [1.54, 1.807) is 0 Å². The Morgan fingerprint density at radius 3 is 2.70 bits per heavy atom. The van der Waals surface area contributed by atoms with E-state index in [0.717, 1.165) is 23.1 Å². The first-order valence-electron chi connectivity index (χ1n) is 9.35. The normalized spacial score (nSPS) is 16.9. The Balaban J connectivity index is 1.90. The maximum absolute atomic E-state index is 13.2. The molecule has 0 spiro atoms. The van der Waals surface area contributed by atoms with Gasteiger partial charge in [0.2, 0.25) is 0 Å². The minimum Gasteiger partial charge on any atom is -0.374 e. The second-order valence-electron chi connectivity index (χ2n) is 7.45. The lowest BCUT2D eigenvalue weighted by atomic mass is 10.0. The number of Topliss-reactive ketones (excluding diaryl/α,β-unsaturated/α-hetero) is 1. The van der Waals surface area contributed by atoms with Crippen molar-refractivity contribution < 1.29 is 14.4 Å². The Hall–Kier alpha value is -2.69. The van der Waals surface area contributed by atoms with Crippen LogP contribution in [0.3, 0.4) is 0 Å². The number of allylic oxidation sites excluding steroid dienone is 1. The van der Waals surface area contributed by atoms with Crippen molar-refractivity contribution >= 4 is 23.7 Å². The fourth-order valence-electron chi connectivity index (χ4n) is 3.75. The van der Waals surface area contributed by atoms with E-state index in [2.05, 4.69) is 18.1 Å². The first-order valence-corrected chi connectivity index (χ1v) is 9.35. The lowest BCUT2D eigenvalue weighted by Gasteiger charge is -2.26. The maximum atomic E-state index is 13.2. The smallest absolute Gasteiger partial charge is 0.259 e. The molecule has 0 saturated heterocycles. The average molecular weight is 366 g/mol. The first-order chi connectivity index (χ1) is 12.9. The Morgan fingerprint density at radius 1 is 1.41 bits per heavy atom. The molecule has 0 bridgehead atoms. The number of hydrogen-bond acceptors (Lipinski definition) is 4. The molecule has 0 aromatic heterocycles. The molecule has 5 nitrogen and oxygen atoms in total. The van der Waals surface area contributed by atoms with Crippen LogP contribution in [0.15, 0.2) is 37.1 Å². The summed E-state index contributed by atoms with van der Waals surface area (Å²) in [6, 6.07) is 5.07. The topological polar surface area (TPSA) is 57.7 Å². The quantitative estimate of drug-likeness (QED) is 0.629. The highest BCUT2D eigenvalue weighted by Gasteiger charge is 2.39. The predicted octanol–water partition coefficient (Wildman–Crippen LogP) is 3.41. The molecule has 1 unspecified atom stereocenters. The van der Waals surface area contributed by atoms with Gasteiger partial charge < -0.3 is 9.69 Å². The van der Waals surface area contributed by atoms with E-state index in [-0.39, 0.29) is 18.1 Å². The largest absolute Gasteiger partial charge is 0.374 e. The summed E-state index contributed by atoms with van der Waals surface area (Å²) in [5.74, 6) is 0.210. The van der Waals surface area contributed by atoms with Gasteiger partial charge in [-0.05, 0) is 37.7 Å². The van der Waals surface area contributed by atoms with Crippen LogP contribution in [0.4, 0.5) is 0 Å². The van der Waals surface area contributed by atoms with Crippen LogP contribution in [0.2, 0.25) is 0 Å². The maximum Gasteiger partial charge on any atom is 0.259 e. The zero-order valence-corrected chi connectivity index (χ0v) is 16.0. The number of ketones is 1. The van der Waals surface area contributed by atoms with Gasteiger partial charge in [0.25, 0.3) is 5.91 Å². The van der Waals surface area contributed by atoms with Gasteiger partial charge in [-0.25, -0.2) is 0 Å². The van der Waals surface area contributed by atoms with E-state index < -0.39 is 6.04 Å².